The highest BCUT2D eigenvalue weighted by Crippen LogP contribution is 2.46. The van der Waals surface area contributed by atoms with Crippen LogP contribution in [0.5, 0.6) is 0 Å². The molecule has 2 aliphatic rings. The fourth-order valence-electron chi connectivity index (χ4n) is 3.82. The van der Waals surface area contributed by atoms with Crippen LogP contribution in [0.3, 0.4) is 0 Å². The molecular weight excluding hydrogens is 194 g/mol. The first-order chi connectivity index (χ1) is 7.85. The summed E-state index contributed by atoms with van der Waals surface area (Å²) in [5.74, 6) is 4.24. The first kappa shape index (κ1) is 12.4. The van der Waals surface area contributed by atoms with E-state index in [1.54, 1.807) is 0 Å². The van der Waals surface area contributed by atoms with Gasteiger partial charge in [-0.1, -0.05) is 33.1 Å². The van der Waals surface area contributed by atoms with Crippen molar-refractivity contribution < 1.29 is 0 Å². The van der Waals surface area contributed by atoms with Crippen LogP contribution < -0.4 is 5.32 Å². The van der Waals surface area contributed by atoms with Crippen molar-refractivity contribution in [1.82, 2.24) is 5.32 Å². The molecule has 0 amide bonds. The van der Waals surface area contributed by atoms with E-state index in [-0.39, 0.29) is 0 Å². The van der Waals surface area contributed by atoms with Crippen molar-refractivity contribution >= 4 is 0 Å². The molecule has 0 aliphatic heterocycles. The molecule has 16 heavy (non-hydrogen) atoms. The van der Waals surface area contributed by atoms with E-state index in [0.29, 0.717) is 0 Å². The lowest BCUT2D eigenvalue weighted by Crippen LogP contribution is -2.40. The summed E-state index contributed by atoms with van der Waals surface area (Å²) in [6.45, 7) is 7.02. The zero-order chi connectivity index (χ0) is 11.4. The minimum Gasteiger partial charge on any atom is -0.317 e. The van der Waals surface area contributed by atoms with Crippen LogP contribution in [-0.4, -0.2) is 13.1 Å². The average molecular weight is 223 g/mol. The highest BCUT2D eigenvalue weighted by Gasteiger charge is 2.37. The topological polar surface area (TPSA) is 12.0 Å². The van der Waals surface area contributed by atoms with Crippen molar-refractivity contribution in [1.29, 1.82) is 0 Å². The second-order valence-electron chi connectivity index (χ2n) is 6.00. The van der Waals surface area contributed by atoms with E-state index in [4.69, 9.17) is 0 Å². The zero-order valence-electron chi connectivity index (χ0n) is 11.2. The van der Waals surface area contributed by atoms with E-state index in [9.17, 15) is 0 Å². The van der Waals surface area contributed by atoms with E-state index in [1.807, 2.05) is 0 Å². The molecule has 2 fully saturated rings. The summed E-state index contributed by atoms with van der Waals surface area (Å²) >= 11 is 0. The summed E-state index contributed by atoms with van der Waals surface area (Å²) in [4.78, 5) is 0. The van der Waals surface area contributed by atoms with E-state index in [0.717, 1.165) is 30.2 Å². The van der Waals surface area contributed by atoms with Crippen LogP contribution in [0.25, 0.3) is 0 Å². The largest absolute Gasteiger partial charge is 0.317 e. The van der Waals surface area contributed by atoms with E-state index in [1.165, 1.54) is 51.5 Å². The van der Waals surface area contributed by atoms with Gasteiger partial charge in [0.15, 0.2) is 0 Å². The quantitative estimate of drug-likeness (QED) is 0.747. The van der Waals surface area contributed by atoms with Gasteiger partial charge in [-0.3, -0.25) is 0 Å². The lowest BCUT2D eigenvalue weighted by atomic mass is 9.62. The highest BCUT2D eigenvalue weighted by atomic mass is 14.9. The summed E-state index contributed by atoms with van der Waals surface area (Å²) in [5.41, 5.74) is 0. The Morgan fingerprint density at radius 3 is 2.19 bits per heavy atom. The molecule has 1 N–H and O–H groups in total. The van der Waals surface area contributed by atoms with E-state index >= 15 is 0 Å². The van der Waals surface area contributed by atoms with E-state index < -0.39 is 0 Å². The molecule has 0 aromatic heterocycles. The van der Waals surface area contributed by atoms with Crippen molar-refractivity contribution in [2.75, 3.05) is 13.1 Å². The fraction of sp³-hybridized carbons (Fsp3) is 1.00. The monoisotopic (exact) mass is 223 g/mol. The molecule has 1 nitrogen and oxygen atoms in total. The molecule has 0 saturated heterocycles. The van der Waals surface area contributed by atoms with Gasteiger partial charge < -0.3 is 5.32 Å². The second kappa shape index (κ2) is 6.05. The maximum Gasteiger partial charge on any atom is -0.00179 e. The number of nitrogens with one attached hydrogen (secondary N) is 1. The Bertz CT molecular complexity index is 194. The molecule has 94 valence electrons. The standard InChI is InChI=1S/C15H29N/c1-3-12-5-7-13(8-6-12)15-10-9-14(15)11-16-4-2/h12-16H,3-11H2,1-2H3. The van der Waals surface area contributed by atoms with Crippen LogP contribution in [-0.2, 0) is 0 Å². The van der Waals surface area contributed by atoms with Gasteiger partial charge in [0, 0.05) is 0 Å². The molecule has 0 heterocycles. The number of hydrogen-bond donors (Lipinski definition) is 1. The maximum absolute atomic E-state index is 3.54. The lowest BCUT2D eigenvalue weighted by molar-refractivity contribution is 0.0674. The molecule has 0 spiro atoms. The summed E-state index contributed by atoms with van der Waals surface area (Å²) in [5, 5.41) is 3.54. The van der Waals surface area contributed by atoms with Crippen LogP contribution in [0.4, 0.5) is 0 Å². The molecule has 2 atom stereocenters. The van der Waals surface area contributed by atoms with Crippen LogP contribution in [0, 0.1) is 23.7 Å². The van der Waals surface area contributed by atoms with Gasteiger partial charge in [0.05, 0.1) is 0 Å². The molecule has 2 rings (SSSR count). The molecule has 0 radical (unpaired) electrons. The Balaban J connectivity index is 1.72. The molecule has 0 bridgehead atoms. The molecular formula is C15H29N. The molecule has 2 unspecified atom stereocenters. The summed E-state index contributed by atoms with van der Waals surface area (Å²) < 4.78 is 0. The number of hydrogen-bond acceptors (Lipinski definition) is 1. The second-order valence-corrected chi connectivity index (χ2v) is 6.00. The van der Waals surface area contributed by atoms with Crippen LogP contribution in [0.2, 0.25) is 0 Å². The molecule has 2 saturated carbocycles. The predicted octanol–water partition coefficient (Wildman–Crippen LogP) is 3.84. The fourth-order valence-corrected chi connectivity index (χ4v) is 3.82. The Hall–Kier alpha value is -0.0400. The summed E-state index contributed by atoms with van der Waals surface area (Å²) in [7, 11) is 0. The summed E-state index contributed by atoms with van der Waals surface area (Å²) in [6.07, 6.45) is 10.5. The SMILES string of the molecule is CCNCC1CCC1C1CCC(CC)CC1. The van der Waals surface area contributed by atoms with Crippen molar-refractivity contribution in [2.45, 2.75) is 58.8 Å². The highest BCUT2D eigenvalue weighted by molar-refractivity contribution is 4.89. The Morgan fingerprint density at radius 2 is 1.69 bits per heavy atom. The minimum atomic E-state index is 1.02. The minimum absolute atomic E-state index is 1.02. The van der Waals surface area contributed by atoms with Crippen molar-refractivity contribution in [2.24, 2.45) is 23.7 Å². The van der Waals surface area contributed by atoms with Gasteiger partial charge in [-0.2, -0.15) is 0 Å². The average Bonchev–Trinajstić information content (AvgIpc) is 2.29. The smallest absolute Gasteiger partial charge is 0.00179 e. The molecule has 0 aromatic rings. The van der Waals surface area contributed by atoms with Crippen molar-refractivity contribution in [3.05, 3.63) is 0 Å². The van der Waals surface area contributed by atoms with Gasteiger partial charge in [-0.25, -0.2) is 0 Å². The summed E-state index contributed by atoms with van der Waals surface area (Å²) in [6, 6.07) is 0. The number of rotatable bonds is 5. The lowest BCUT2D eigenvalue weighted by Gasteiger charge is -2.44. The maximum atomic E-state index is 3.54. The third-order valence-corrected chi connectivity index (χ3v) is 5.21. The molecule has 0 aromatic carbocycles. The van der Waals surface area contributed by atoms with Gasteiger partial charge >= 0.3 is 0 Å². The van der Waals surface area contributed by atoms with Crippen molar-refractivity contribution in [3.8, 4) is 0 Å². The molecule has 1 heteroatoms. The van der Waals surface area contributed by atoms with Crippen molar-refractivity contribution in [3.63, 3.8) is 0 Å². The predicted molar refractivity (Wildman–Crippen MR) is 70.5 cm³/mol. The Kier molecular flexibility index (Phi) is 4.69. The zero-order valence-corrected chi connectivity index (χ0v) is 11.2. The first-order valence-electron chi connectivity index (χ1n) is 7.55. The normalized spacial score (nSPS) is 39.4. The Labute approximate surface area is 101 Å². The van der Waals surface area contributed by atoms with Crippen LogP contribution in [0.15, 0.2) is 0 Å². The molecule has 2 aliphatic carbocycles. The van der Waals surface area contributed by atoms with Crippen LogP contribution >= 0.6 is 0 Å². The Morgan fingerprint density at radius 1 is 0.938 bits per heavy atom. The van der Waals surface area contributed by atoms with Gasteiger partial charge in [0.2, 0.25) is 0 Å². The van der Waals surface area contributed by atoms with Crippen LogP contribution in [0.1, 0.15) is 58.8 Å². The van der Waals surface area contributed by atoms with Gasteiger partial charge in [-0.05, 0) is 62.4 Å². The third-order valence-electron chi connectivity index (χ3n) is 5.21. The van der Waals surface area contributed by atoms with Gasteiger partial charge in [0.1, 0.15) is 0 Å². The van der Waals surface area contributed by atoms with E-state index in [2.05, 4.69) is 19.2 Å². The third kappa shape index (κ3) is 2.80. The van der Waals surface area contributed by atoms with Gasteiger partial charge in [0.25, 0.3) is 0 Å². The first-order valence-corrected chi connectivity index (χ1v) is 7.55. The van der Waals surface area contributed by atoms with Gasteiger partial charge in [-0.15, -0.1) is 0 Å².